The van der Waals surface area contributed by atoms with Crippen molar-refractivity contribution in [2.75, 3.05) is 0 Å². The molecule has 0 unspecified atom stereocenters. The molecule has 1 rings (SSSR count). The van der Waals surface area contributed by atoms with Crippen LogP contribution >= 0.6 is 0 Å². The van der Waals surface area contributed by atoms with E-state index in [0.717, 1.165) is 9.78 Å². The summed E-state index contributed by atoms with van der Waals surface area (Å²) < 4.78 is 13.5. The molecule has 0 aromatic carbocycles. The van der Waals surface area contributed by atoms with Crippen LogP contribution in [0.25, 0.3) is 0 Å². The van der Waals surface area contributed by atoms with E-state index in [1.165, 1.54) is 6.20 Å². The Hall–Kier alpha value is -0.401. The zero-order valence-corrected chi connectivity index (χ0v) is 7.39. The van der Waals surface area contributed by atoms with Gasteiger partial charge in [0.1, 0.15) is 0 Å². The Morgan fingerprint density at radius 2 is 2.50 bits per heavy atom. The Balaban J connectivity index is 2.81. The van der Waals surface area contributed by atoms with E-state index in [2.05, 4.69) is 4.98 Å². The van der Waals surface area contributed by atoms with Gasteiger partial charge in [-0.2, -0.15) is 0 Å². The first kappa shape index (κ1) is 7.70. The number of hydrogen-bond acceptors (Lipinski definition) is 1. The van der Waals surface area contributed by atoms with Gasteiger partial charge in [-0.25, -0.2) is 0 Å². The SMILES string of the molecule is CC[Se]c1cccnc1F. The number of hydrogen-bond donors (Lipinski definition) is 0. The van der Waals surface area contributed by atoms with Crippen molar-refractivity contribution >= 4 is 19.4 Å². The quantitative estimate of drug-likeness (QED) is 0.517. The van der Waals surface area contributed by atoms with Crippen LogP contribution in [-0.2, 0) is 0 Å². The number of aromatic nitrogens is 1. The number of pyridine rings is 1. The average molecular weight is 204 g/mol. The molecule has 0 spiro atoms. The van der Waals surface area contributed by atoms with Gasteiger partial charge in [-0.1, -0.05) is 0 Å². The molecule has 1 nitrogen and oxygen atoms in total. The van der Waals surface area contributed by atoms with Crippen molar-refractivity contribution in [1.82, 2.24) is 4.98 Å². The second kappa shape index (κ2) is 3.69. The van der Waals surface area contributed by atoms with E-state index in [1.54, 1.807) is 12.1 Å². The molecule has 1 aromatic heterocycles. The van der Waals surface area contributed by atoms with Crippen molar-refractivity contribution in [2.24, 2.45) is 0 Å². The first-order chi connectivity index (χ1) is 4.84. The van der Waals surface area contributed by atoms with Gasteiger partial charge in [0.2, 0.25) is 0 Å². The van der Waals surface area contributed by atoms with Gasteiger partial charge in [-0.3, -0.25) is 0 Å². The predicted molar refractivity (Wildman–Crippen MR) is 40.1 cm³/mol. The van der Waals surface area contributed by atoms with E-state index in [1.807, 2.05) is 6.92 Å². The van der Waals surface area contributed by atoms with Crippen LogP contribution in [0.15, 0.2) is 18.3 Å². The number of nitrogens with zero attached hydrogens (tertiary/aromatic N) is 1. The van der Waals surface area contributed by atoms with Crippen LogP contribution in [-0.4, -0.2) is 19.9 Å². The normalized spacial score (nSPS) is 9.80. The first-order valence-corrected chi connectivity index (χ1v) is 5.14. The van der Waals surface area contributed by atoms with Gasteiger partial charge in [-0.05, 0) is 0 Å². The van der Waals surface area contributed by atoms with E-state index in [-0.39, 0.29) is 20.9 Å². The summed E-state index contributed by atoms with van der Waals surface area (Å²) in [7, 11) is 0. The summed E-state index contributed by atoms with van der Waals surface area (Å²) in [6.07, 6.45) is 1.48. The van der Waals surface area contributed by atoms with Gasteiger partial charge in [0.05, 0.1) is 0 Å². The van der Waals surface area contributed by atoms with Crippen molar-refractivity contribution in [3.05, 3.63) is 24.3 Å². The fourth-order valence-electron chi connectivity index (χ4n) is 0.634. The van der Waals surface area contributed by atoms with Crippen LogP contribution in [0.4, 0.5) is 4.39 Å². The molecule has 3 heteroatoms. The van der Waals surface area contributed by atoms with Crippen molar-refractivity contribution in [1.29, 1.82) is 0 Å². The summed E-state index contributed by atoms with van der Waals surface area (Å²) in [5.74, 6) is -0.302. The first-order valence-electron chi connectivity index (χ1n) is 3.08. The van der Waals surface area contributed by atoms with Crippen molar-refractivity contribution in [2.45, 2.75) is 12.2 Å². The summed E-state index contributed by atoms with van der Waals surface area (Å²) >= 11 is 0.262. The summed E-state index contributed by atoms with van der Waals surface area (Å²) in [6, 6.07) is 3.57. The average Bonchev–Trinajstić information content (AvgIpc) is 1.94. The number of rotatable bonds is 2. The maximum atomic E-state index is 12.7. The summed E-state index contributed by atoms with van der Waals surface area (Å²) in [5, 5.41) is 1.02. The fraction of sp³-hybridized carbons (Fsp3) is 0.286. The topological polar surface area (TPSA) is 12.9 Å². The molecule has 0 saturated carbocycles. The van der Waals surface area contributed by atoms with Gasteiger partial charge in [0.25, 0.3) is 0 Å². The predicted octanol–water partition coefficient (Wildman–Crippen LogP) is 0.988. The number of halogens is 1. The Kier molecular flexibility index (Phi) is 2.84. The van der Waals surface area contributed by atoms with Crippen LogP contribution < -0.4 is 4.46 Å². The summed E-state index contributed by atoms with van der Waals surface area (Å²) in [4.78, 5) is 3.55. The molecular weight excluding hydrogens is 196 g/mol. The minimum atomic E-state index is -0.302. The maximum absolute atomic E-state index is 12.7. The van der Waals surface area contributed by atoms with Gasteiger partial charge < -0.3 is 0 Å². The standard InChI is InChI=1S/C7H8FNSe/c1-2-10-6-4-3-5-9-7(6)8/h3-5H,2H2,1H3. The van der Waals surface area contributed by atoms with E-state index < -0.39 is 0 Å². The molecule has 0 saturated heterocycles. The second-order valence-corrected chi connectivity index (χ2v) is 4.47. The van der Waals surface area contributed by atoms with E-state index in [0.29, 0.717) is 0 Å². The van der Waals surface area contributed by atoms with Gasteiger partial charge in [-0.15, -0.1) is 0 Å². The van der Waals surface area contributed by atoms with Gasteiger partial charge >= 0.3 is 65.3 Å². The van der Waals surface area contributed by atoms with Crippen LogP contribution in [0.3, 0.4) is 0 Å². The van der Waals surface area contributed by atoms with Gasteiger partial charge in [0.15, 0.2) is 0 Å². The Morgan fingerprint density at radius 1 is 1.70 bits per heavy atom. The molecule has 1 aromatic rings. The molecule has 54 valence electrons. The molecule has 0 fully saturated rings. The van der Waals surface area contributed by atoms with Crippen LogP contribution in [0.1, 0.15) is 6.92 Å². The molecule has 0 aliphatic rings. The van der Waals surface area contributed by atoms with E-state index >= 15 is 0 Å². The Labute approximate surface area is 65.8 Å². The zero-order valence-electron chi connectivity index (χ0n) is 5.67. The molecule has 0 bridgehead atoms. The third-order valence-corrected chi connectivity index (χ3v) is 2.92. The third-order valence-electron chi connectivity index (χ3n) is 1.02. The second-order valence-electron chi connectivity index (χ2n) is 1.73. The Morgan fingerprint density at radius 3 is 3.10 bits per heavy atom. The van der Waals surface area contributed by atoms with E-state index in [9.17, 15) is 4.39 Å². The fourth-order valence-corrected chi connectivity index (χ4v) is 2.01. The molecule has 0 radical (unpaired) electrons. The zero-order chi connectivity index (χ0) is 7.40. The molecule has 10 heavy (non-hydrogen) atoms. The van der Waals surface area contributed by atoms with E-state index in [4.69, 9.17) is 0 Å². The molecule has 0 aliphatic heterocycles. The third kappa shape index (κ3) is 1.79. The molecule has 0 amide bonds. The van der Waals surface area contributed by atoms with Crippen molar-refractivity contribution < 1.29 is 4.39 Å². The van der Waals surface area contributed by atoms with Crippen LogP contribution in [0.2, 0.25) is 5.32 Å². The molecule has 1 heterocycles. The molecule has 0 N–H and O–H groups in total. The molecular formula is C7H8FNSe. The van der Waals surface area contributed by atoms with Crippen molar-refractivity contribution in [3.8, 4) is 0 Å². The Bertz CT molecular complexity index is 215. The van der Waals surface area contributed by atoms with Crippen LogP contribution in [0, 0.1) is 5.95 Å². The van der Waals surface area contributed by atoms with Crippen LogP contribution in [0.5, 0.6) is 0 Å². The van der Waals surface area contributed by atoms with Crippen molar-refractivity contribution in [3.63, 3.8) is 0 Å². The summed E-state index contributed by atoms with van der Waals surface area (Å²) in [5.41, 5.74) is 0. The molecule has 0 aliphatic carbocycles. The van der Waals surface area contributed by atoms with Gasteiger partial charge in [0, 0.05) is 0 Å². The summed E-state index contributed by atoms with van der Waals surface area (Å²) in [6.45, 7) is 2.05. The monoisotopic (exact) mass is 205 g/mol. The minimum absolute atomic E-state index is 0.262. The molecule has 0 atom stereocenters.